The van der Waals surface area contributed by atoms with Crippen molar-refractivity contribution in [1.82, 2.24) is 0 Å². The van der Waals surface area contributed by atoms with Crippen molar-refractivity contribution in [1.29, 1.82) is 0 Å². The van der Waals surface area contributed by atoms with Crippen LogP contribution in [0.3, 0.4) is 0 Å². The average Bonchev–Trinajstić information content (AvgIpc) is 2.39. The predicted octanol–water partition coefficient (Wildman–Crippen LogP) is 4.10. The van der Waals surface area contributed by atoms with E-state index in [1.807, 2.05) is 43.3 Å². The summed E-state index contributed by atoms with van der Waals surface area (Å²) in [4.78, 5) is 12.2. The fraction of sp³-hybridized carbons (Fsp3) is 0.133. The number of rotatable bonds is 4. The van der Waals surface area contributed by atoms with Crippen LogP contribution in [0.15, 0.2) is 53.0 Å². The molecule has 1 N–H and O–H groups in total. The number of hydrogen-bond donors (Lipinski definition) is 1. The first-order chi connectivity index (χ1) is 9.20. The highest BCUT2D eigenvalue weighted by atomic mass is 79.9. The Morgan fingerprint density at radius 1 is 1.21 bits per heavy atom. The van der Waals surface area contributed by atoms with Gasteiger partial charge in [-0.1, -0.05) is 34.1 Å². The van der Waals surface area contributed by atoms with Crippen LogP contribution in [0.2, 0.25) is 0 Å². The SMILES string of the molecule is CCOc1ccccc1C(=O)Nc1cccc(Br)c1. The van der Waals surface area contributed by atoms with E-state index in [9.17, 15) is 4.79 Å². The third-order valence-electron chi connectivity index (χ3n) is 2.51. The number of carbonyl (C=O) groups is 1. The summed E-state index contributed by atoms with van der Waals surface area (Å²) >= 11 is 3.37. The van der Waals surface area contributed by atoms with E-state index in [2.05, 4.69) is 21.2 Å². The minimum absolute atomic E-state index is 0.179. The lowest BCUT2D eigenvalue weighted by atomic mass is 10.2. The number of carbonyl (C=O) groups excluding carboxylic acids is 1. The standard InChI is InChI=1S/C15H14BrNO2/c1-2-19-14-9-4-3-8-13(14)15(18)17-12-7-5-6-11(16)10-12/h3-10H,2H2,1H3,(H,17,18). The number of amides is 1. The molecule has 0 aliphatic heterocycles. The Morgan fingerprint density at radius 2 is 2.00 bits per heavy atom. The van der Waals surface area contributed by atoms with Crippen molar-refractivity contribution < 1.29 is 9.53 Å². The van der Waals surface area contributed by atoms with Gasteiger partial charge < -0.3 is 10.1 Å². The van der Waals surface area contributed by atoms with Crippen LogP contribution in [0.5, 0.6) is 5.75 Å². The number of halogens is 1. The van der Waals surface area contributed by atoms with E-state index < -0.39 is 0 Å². The van der Waals surface area contributed by atoms with Gasteiger partial charge in [-0.05, 0) is 37.3 Å². The third-order valence-corrected chi connectivity index (χ3v) is 3.01. The van der Waals surface area contributed by atoms with Gasteiger partial charge in [0.2, 0.25) is 0 Å². The fourth-order valence-electron chi connectivity index (χ4n) is 1.70. The molecule has 0 saturated carbocycles. The van der Waals surface area contributed by atoms with Gasteiger partial charge in [0, 0.05) is 10.2 Å². The smallest absolute Gasteiger partial charge is 0.259 e. The van der Waals surface area contributed by atoms with E-state index in [1.54, 1.807) is 12.1 Å². The van der Waals surface area contributed by atoms with Crippen LogP contribution in [0.1, 0.15) is 17.3 Å². The maximum atomic E-state index is 12.2. The van der Waals surface area contributed by atoms with E-state index in [0.29, 0.717) is 17.9 Å². The highest BCUT2D eigenvalue weighted by Gasteiger charge is 2.11. The van der Waals surface area contributed by atoms with Crippen LogP contribution >= 0.6 is 15.9 Å². The summed E-state index contributed by atoms with van der Waals surface area (Å²) in [6.45, 7) is 2.42. The summed E-state index contributed by atoms with van der Waals surface area (Å²) in [5, 5.41) is 2.85. The lowest BCUT2D eigenvalue weighted by Gasteiger charge is -2.10. The van der Waals surface area contributed by atoms with Crippen LogP contribution in [0.4, 0.5) is 5.69 Å². The molecule has 4 heteroatoms. The van der Waals surface area contributed by atoms with Gasteiger partial charge >= 0.3 is 0 Å². The Balaban J connectivity index is 2.20. The zero-order valence-electron chi connectivity index (χ0n) is 10.5. The second-order valence-corrected chi connectivity index (χ2v) is 4.81. The Morgan fingerprint density at radius 3 is 2.74 bits per heavy atom. The fourth-order valence-corrected chi connectivity index (χ4v) is 2.10. The summed E-state index contributed by atoms with van der Waals surface area (Å²) in [5.74, 6) is 0.416. The molecule has 0 heterocycles. The molecule has 0 bridgehead atoms. The first-order valence-electron chi connectivity index (χ1n) is 5.99. The summed E-state index contributed by atoms with van der Waals surface area (Å²) in [6.07, 6.45) is 0. The molecule has 0 aromatic heterocycles. The van der Waals surface area contributed by atoms with Crippen molar-refractivity contribution in [3.63, 3.8) is 0 Å². The molecule has 2 aromatic rings. The third kappa shape index (κ3) is 3.58. The Labute approximate surface area is 120 Å². The number of benzene rings is 2. The van der Waals surface area contributed by atoms with E-state index in [1.165, 1.54) is 0 Å². The lowest BCUT2D eigenvalue weighted by Crippen LogP contribution is -2.13. The average molecular weight is 320 g/mol. The van der Waals surface area contributed by atoms with Crippen molar-refractivity contribution in [2.75, 3.05) is 11.9 Å². The van der Waals surface area contributed by atoms with E-state index in [0.717, 1.165) is 10.2 Å². The second-order valence-electron chi connectivity index (χ2n) is 3.89. The van der Waals surface area contributed by atoms with E-state index in [-0.39, 0.29) is 5.91 Å². The van der Waals surface area contributed by atoms with Gasteiger partial charge in [0.15, 0.2) is 0 Å². The molecule has 3 nitrogen and oxygen atoms in total. The van der Waals surface area contributed by atoms with E-state index in [4.69, 9.17) is 4.74 Å². The second kappa shape index (κ2) is 6.38. The van der Waals surface area contributed by atoms with Crippen LogP contribution in [0.25, 0.3) is 0 Å². The first kappa shape index (κ1) is 13.6. The van der Waals surface area contributed by atoms with Crippen molar-refractivity contribution in [2.45, 2.75) is 6.92 Å². The normalized spacial score (nSPS) is 10.0. The molecule has 0 fully saturated rings. The predicted molar refractivity (Wildman–Crippen MR) is 79.7 cm³/mol. The number of para-hydroxylation sites is 1. The first-order valence-corrected chi connectivity index (χ1v) is 6.78. The Bertz CT molecular complexity index is 584. The van der Waals surface area contributed by atoms with E-state index >= 15 is 0 Å². The minimum atomic E-state index is -0.179. The topological polar surface area (TPSA) is 38.3 Å². The monoisotopic (exact) mass is 319 g/mol. The molecule has 0 spiro atoms. The van der Waals surface area contributed by atoms with Gasteiger partial charge in [0.05, 0.1) is 12.2 Å². The molecular weight excluding hydrogens is 306 g/mol. The van der Waals surface area contributed by atoms with Gasteiger partial charge in [-0.2, -0.15) is 0 Å². The summed E-state index contributed by atoms with van der Waals surface area (Å²) in [6, 6.07) is 14.7. The summed E-state index contributed by atoms with van der Waals surface area (Å²) in [7, 11) is 0. The minimum Gasteiger partial charge on any atom is -0.493 e. The van der Waals surface area contributed by atoms with Crippen LogP contribution in [-0.2, 0) is 0 Å². The van der Waals surface area contributed by atoms with Crippen molar-refractivity contribution >= 4 is 27.5 Å². The zero-order chi connectivity index (χ0) is 13.7. The molecule has 1 amide bonds. The number of nitrogens with one attached hydrogen (secondary N) is 1. The van der Waals surface area contributed by atoms with Gasteiger partial charge in [-0.3, -0.25) is 4.79 Å². The molecule has 0 atom stereocenters. The van der Waals surface area contributed by atoms with Crippen LogP contribution < -0.4 is 10.1 Å². The molecule has 98 valence electrons. The molecule has 0 saturated heterocycles. The van der Waals surface area contributed by atoms with Crippen molar-refractivity contribution in [3.05, 3.63) is 58.6 Å². The highest BCUT2D eigenvalue weighted by Crippen LogP contribution is 2.21. The molecule has 2 aromatic carbocycles. The van der Waals surface area contributed by atoms with Gasteiger partial charge in [0.25, 0.3) is 5.91 Å². The number of anilines is 1. The van der Waals surface area contributed by atoms with Crippen LogP contribution in [-0.4, -0.2) is 12.5 Å². The largest absolute Gasteiger partial charge is 0.493 e. The lowest BCUT2D eigenvalue weighted by molar-refractivity contribution is 0.102. The molecule has 0 unspecified atom stereocenters. The summed E-state index contributed by atoms with van der Waals surface area (Å²) in [5.41, 5.74) is 1.27. The molecule has 0 aliphatic rings. The van der Waals surface area contributed by atoms with Crippen molar-refractivity contribution in [2.24, 2.45) is 0 Å². The van der Waals surface area contributed by atoms with Crippen molar-refractivity contribution in [3.8, 4) is 5.75 Å². The maximum Gasteiger partial charge on any atom is 0.259 e. The Kier molecular flexibility index (Phi) is 4.58. The number of hydrogen-bond acceptors (Lipinski definition) is 2. The Hall–Kier alpha value is -1.81. The van der Waals surface area contributed by atoms with Gasteiger partial charge in [-0.25, -0.2) is 0 Å². The molecular formula is C15H14BrNO2. The zero-order valence-corrected chi connectivity index (χ0v) is 12.1. The summed E-state index contributed by atoms with van der Waals surface area (Å²) < 4.78 is 6.37. The molecule has 0 aliphatic carbocycles. The quantitative estimate of drug-likeness (QED) is 0.921. The molecule has 19 heavy (non-hydrogen) atoms. The van der Waals surface area contributed by atoms with Crippen LogP contribution in [0, 0.1) is 0 Å². The van der Waals surface area contributed by atoms with Gasteiger partial charge in [-0.15, -0.1) is 0 Å². The molecule has 2 rings (SSSR count). The molecule has 0 radical (unpaired) electrons. The highest BCUT2D eigenvalue weighted by molar-refractivity contribution is 9.10. The van der Waals surface area contributed by atoms with Gasteiger partial charge in [0.1, 0.15) is 5.75 Å². The number of ether oxygens (including phenoxy) is 1. The maximum absolute atomic E-state index is 12.2.